The molecule has 0 aliphatic carbocycles. The third kappa shape index (κ3) is 4.10. The molecule has 0 N–H and O–H groups in total. The lowest BCUT2D eigenvalue weighted by molar-refractivity contribution is -0.137. The molecule has 0 aromatic heterocycles. The zero-order valence-corrected chi connectivity index (χ0v) is 18.2. The molecular formula is C24H27N3O5. The highest BCUT2D eigenvalue weighted by Crippen LogP contribution is 2.33. The third-order valence-electron chi connectivity index (χ3n) is 6.37. The Bertz CT molecular complexity index is 1020. The highest BCUT2D eigenvalue weighted by Gasteiger charge is 2.38. The topological polar surface area (TPSA) is 71.6 Å². The molecule has 2 saturated heterocycles. The molecule has 1 atom stereocenters. The van der Waals surface area contributed by atoms with Crippen molar-refractivity contribution in [3.63, 3.8) is 0 Å². The van der Waals surface area contributed by atoms with Crippen LogP contribution in [0.15, 0.2) is 42.5 Å². The van der Waals surface area contributed by atoms with Gasteiger partial charge >= 0.3 is 0 Å². The predicted molar refractivity (Wildman–Crippen MR) is 118 cm³/mol. The summed E-state index contributed by atoms with van der Waals surface area (Å²) in [4.78, 5) is 31.6. The maximum atomic E-state index is 13.1. The number of hydrogen-bond donors (Lipinski definition) is 0. The van der Waals surface area contributed by atoms with Crippen LogP contribution in [0.4, 0.5) is 5.69 Å². The minimum atomic E-state index is -0.297. The molecular weight excluding hydrogens is 410 g/mol. The van der Waals surface area contributed by atoms with Gasteiger partial charge in [0.05, 0.1) is 13.0 Å². The molecule has 2 aromatic rings. The van der Waals surface area contributed by atoms with Crippen LogP contribution in [0, 0.1) is 5.92 Å². The van der Waals surface area contributed by atoms with Crippen molar-refractivity contribution in [2.24, 2.45) is 5.92 Å². The van der Waals surface area contributed by atoms with Gasteiger partial charge in [-0.1, -0.05) is 12.1 Å². The first-order valence-electron chi connectivity index (χ1n) is 10.9. The number of piperazine rings is 1. The Morgan fingerprint density at radius 3 is 2.69 bits per heavy atom. The average molecular weight is 437 g/mol. The molecule has 2 aromatic carbocycles. The Kier molecular flexibility index (Phi) is 5.61. The van der Waals surface area contributed by atoms with E-state index in [-0.39, 0.29) is 30.9 Å². The molecule has 8 nitrogen and oxygen atoms in total. The lowest BCUT2D eigenvalue weighted by atomic mass is 10.1. The van der Waals surface area contributed by atoms with Crippen molar-refractivity contribution in [1.29, 1.82) is 0 Å². The summed E-state index contributed by atoms with van der Waals surface area (Å²) in [7, 11) is 1.60. The van der Waals surface area contributed by atoms with E-state index in [2.05, 4.69) is 11.0 Å². The molecule has 8 heteroatoms. The molecule has 0 bridgehead atoms. The number of anilines is 1. The summed E-state index contributed by atoms with van der Waals surface area (Å²) in [5, 5.41) is 0. The quantitative estimate of drug-likeness (QED) is 0.714. The van der Waals surface area contributed by atoms with Gasteiger partial charge < -0.3 is 24.0 Å². The van der Waals surface area contributed by atoms with Gasteiger partial charge in [0.25, 0.3) is 0 Å². The molecule has 2 fully saturated rings. The maximum absolute atomic E-state index is 13.1. The number of nitrogens with zero attached hydrogens (tertiary/aromatic N) is 3. The SMILES string of the molecule is COc1cccc(N2C[C@@H](C(=O)N3CCN(Cc4ccc5c(c4)OCO5)CC3)CC2=O)c1. The first-order valence-corrected chi connectivity index (χ1v) is 10.9. The molecule has 32 heavy (non-hydrogen) atoms. The van der Waals surface area contributed by atoms with Gasteiger partial charge in [-0.2, -0.15) is 0 Å². The summed E-state index contributed by atoms with van der Waals surface area (Å²) in [6.07, 6.45) is 0.257. The number of rotatable bonds is 5. The number of amides is 2. The summed E-state index contributed by atoms with van der Waals surface area (Å²) < 4.78 is 16.1. The van der Waals surface area contributed by atoms with Crippen LogP contribution in [-0.4, -0.2) is 68.2 Å². The summed E-state index contributed by atoms with van der Waals surface area (Å²) in [6.45, 7) is 4.46. The number of fused-ring (bicyclic) bond motifs is 1. The molecule has 5 rings (SSSR count). The number of hydrogen-bond acceptors (Lipinski definition) is 6. The van der Waals surface area contributed by atoms with E-state index in [1.165, 1.54) is 5.56 Å². The maximum Gasteiger partial charge on any atom is 0.231 e. The largest absolute Gasteiger partial charge is 0.497 e. The zero-order chi connectivity index (χ0) is 22.1. The normalized spacial score (nSPS) is 20.7. The molecule has 0 saturated carbocycles. The van der Waals surface area contributed by atoms with Gasteiger partial charge in [0, 0.05) is 57.4 Å². The van der Waals surface area contributed by atoms with Crippen LogP contribution in [0.3, 0.4) is 0 Å². The standard InChI is InChI=1S/C24H27N3O5/c1-30-20-4-2-3-19(13-20)27-15-18(12-23(27)28)24(29)26-9-7-25(8-10-26)14-17-5-6-21-22(11-17)32-16-31-21/h2-6,11,13,18H,7-10,12,14-16H2,1H3/t18-/m0/s1. The second kappa shape index (κ2) is 8.70. The van der Waals surface area contributed by atoms with Crippen LogP contribution >= 0.6 is 0 Å². The Morgan fingerprint density at radius 1 is 1.06 bits per heavy atom. The molecule has 2 amide bonds. The molecule has 0 spiro atoms. The first-order chi connectivity index (χ1) is 15.6. The van der Waals surface area contributed by atoms with E-state index in [0.717, 1.165) is 36.8 Å². The highest BCUT2D eigenvalue weighted by molar-refractivity contribution is 6.00. The summed E-state index contributed by atoms with van der Waals surface area (Å²) in [5.41, 5.74) is 1.95. The molecule has 3 aliphatic rings. The number of benzene rings is 2. The van der Waals surface area contributed by atoms with Gasteiger partial charge in [-0.3, -0.25) is 14.5 Å². The van der Waals surface area contributed by atoms with Gasteiger partial charge in [0.15, 0.2) is 11.5 Å². The average Bonchev–Trinajstić information content (AvgIpc) is 3.45. The van der Waals surface area contributed by atoms with Crippen molar-refractivity contribution in [3.05, 3.63) is 48.0 Å². The number of carbonyl (C=O) groups excluding carboxylic acids is 2. The highest BCUT2D eigenvalue weighted by atomic mass is 16.7. The van der Waals surface area contributed by atoms with Crippen molar-refractivity contribution in [1.82, 2.24) is 9.80 Å². The lowest BCUT2D eigenvalue weighted by Gasteiger charge is -2.36. The molecule has 0 unspecified atom stereocenters. The van der Waals surface area contributed by atoms with E-state index in [4.69, 9.17) is 14.2 Å². The van der Waals surface area contributed by atoms with Crippen LogP contribution in [-0.2, 0) is 16.1 Å². The van der Waals surface area contributed by atoms with E-state index in [0.29, 0.717) is 25.4 Å². The van der Waals surface area contributed by atoms with Crippen LogP contribution < -0.4 is 19.1 Å². The summed E-state index contributed by atoms with van der Waals surface area (Å²) >= 11 is 0. The summed E-state index contributed by atoms with van der Waals surface area (Å²) in [5.74, 6) is 2.04. The van der Waals surface area contributed by atoms with Gasteiger partial charge in [-0.05, 0) is 29.8 Å². The van der Waals surface area contributed by atoms with Gasteiger partial charge in [-0.15, -0.1) is 0 Å². The number of methoxy groups -OCH3 is 1. The van der Waals surface area contributed by atoms with E-state index < -0.39 is 0 Å². The van der Waals surface area contributed by atoms with Crippen molar-refractivity contribution in [2.75, 3.05) is 51.5 Å². The Labute approximate surface area is 187 Å². The second-order valence-corrected chi connectivity index (χ2v) is 8.40. The van der Waals surface area contributed by atoms with Crippen LogP contribution in [0.5, 0.6) is 17.2 Å². The molecule has 3 aliphatic heterocycles. The fourth-order valence-electron chi connectivity index (χ4n) is 4.58. The van der Waals surface area contributed by atoms with Crippen LogP contribution in [0.1, 0.15) is 12.0 Å². The third-order valence-corrected chi connectivity index (χ3v) is 6.37. The molecule has 168 valence electrons. The van der Waals surface area contributed by atoms with Crippen molar-refractivity contribution >= 4 is 17.5 Å². The van der Waals surface area contributed by atoms with Gasteiger partial charge in [0.1, 0.15) is 5.75 Å². The van der Waals surface area contributed by atoms with E-state index in [1.807, 2.05) is 41.3 Å². The second-order valence-electron chi connectivity index (χ2n) is 8.40. The van der Waals surface area contributed by atoms with Gasteiger partial charge in [0.2, 0.25) is 18.6 Å². The minimum absolute atomic E-state index is 0.0157. The fraction of sp³-hybridized carbons (Fsp3) is 0.417. The smallest absolute Gasteiger partial charge is 0.231 e. The van der Waals surface area contributed by atoms with Crippen molar-refractivity contribution in [2.45, 2.75) is 13.0 Å². The van der Waals surface area contributed by atoms with Crippen molar-refractivity contribution in [3.8, 4) is 17.2 Å². The fourth-order valence-corrected chi connectivity index (χ4v) is 4.58. The Hall–Kier alpha value is -3.26. The number of ether oxygens (including phenoxy) is 3. The minimum Gasteiger partial charge on any atom is -0.497 e. The Morgan fingerprint density at radius 2 is 1.88 bits per heavy atom. The first kappa shape index (κ1) is 20.6. The lowest BCUT2D eigenvalue weighted by Crippen LogP contribution is -2.50. The van der Waals surface area contributed by atoms with E-state index in [9.17, 15) is 9.59 Å². The van der Waals surface area contributed by atoms with Crippen LogP contribution in [0.2, 0.25) is 0 Å². The van der Waals surface area contributed by atoms with Crippen molar-refractivity contribution < 1.29 is 23.8 Å². The van der Waals surface area contributed by atoms with E-state index in [1.54, 1.807) is 12.0 Å². The zero-order valence-electron chi connectivity index (χ0n) is 18.2. The monoisotopic (exact) mass is 437 g/mol. The molecule has 0 radical (unpaired) electrons. The predicted octanol–water partition coefficient (Wildman–Crippen LogP) is 2.12. The molecule has 3 heterocycles. The van der Waals surface area contributed by atoms with Crippen LogP contribution in [0.25, 0.3) is 0 Å². The van der Waals surface area contributed by atoms with E-state index >= 15 is 0 Å². The van der Waals surface area contributed by atoms with Gasteiger partial charge in [-0.25, -0.2) is 0 Å². The number of carbonyl (C=O) groups is 2. The summed E-state index contributed by atoms with van der Waals surface area (Å²) in [6, 6.07) is 13.4. The Balaban J connectivity index is 1.15.